The lowest BCUT2D eigenvalue weighted by atomic mass is 10.0. The van der Waals surface area contributed by atoms with Crippen LogP contribution in [0.15, 0.2) is 18.3 Å². The van der Waals surface area contributed by atoms with E-state index in [1.807, 2.05) is 6.92 Å². The fraction of sp³-hybridized carbons (Fsp3) is 0.400. The smallest absolute Gasteiger partial charge is 0.344 e. The third-order valence-corrected chi connectivity index (χ3v) is 4.55. The molecule has 1 aliphatic carbocycles. The van der Waals surface area contributed by atoms with Crippen LogP contribution < -0.4 is 4.74 Å². The maximum atomic E-state index is 12.4. The number of aryl methyl sites for hydroxylation is 2. The molecule has 6 heteroatoms. The minimum Gasteiger partial charge on any atom is -0.480 e. The summed E-state index contributed by atoms with van der Waals surface area (Å²) in [5.74, 6) is -0.108. The average Bonchev–Trinajstić information content (AvgIpc) is 2.88. The van der Waals surface area contributed by atoms with Gasteiger partial charge in [-0.25, -0.2) is 14.8 Å². The Labute approximate surface area is 127 Å². The van der Waals surface area contributed by atoms with E-state index < -0.39 is 5.97 Å². The second kappa shape index (κ2) is 5.81. The van der Waals surface area contributed by atoms with E-state index in [1.165, 1.54) is 7.11 Å². The van der Waals surface area contributed by atoms with E-state index in [2.05, 4.69) is 9.97 Å². The molecule has 1 atom stereocenters. The number of carbonyl (C=O) groups excluding carboxylic acids is 1. The first-order valence-electron chi connectivity index (χ1n) is 6.85. The third-order valence-electron chi connectivity index (χ3n) is 3.44. The molecule has 2 heterocycles. The van der Waals surface area contributed by atoms with Crippen molar-refractivity contribution in [3.8, 4) is 5.88 Å². The van der Waals surface area contributed by atoms with E-state index in [1.54, 1.807) is 29.7 Å². The van der Waals surface area contributed by atoms with Crippen LogP contribution in [-0.4, -0.2) is 23.0 Å². The lowest BCUT2D eigenvalue weighted by Gasteiger charge is -2.21. The molecule has 2 aromatic rings. The molecule has 110 valence electrons. The van der Waals surface area contributed by atoms with Crippen LogP contribution >= 0.6 is 11.3 Å². The van der Waals surface area contributed by atoms with Crippen LogP contribution in [-0.2, 0) is 11.2 Å². The Balaban J connectivity index is 1.82. The Morgan fingerprint density at radius 1 is 1.48 bits per heavy atom. The molecule has 0 fully saturated rings. The molecule has 0 radical (unpaired) electrons. The molecule has 5 nitrogen and oxygen atoms in total. The first-order chi connectivity index (χ1) is 10.2. The van der Waals surface area contributed by atoms with Crippen molar-refractivity contribution in [2.45, 2.75) is 32.3 Å². The SMILES string of the molecule is COc1ncccc1C(=O)O[C@H]1CCCc2nc(C)sc21. The lowest BCUT2D eigenvalue weighted by molar-refractivity contribution is 0.0260. The van der Waals surface area contributed by atoms with Gasteiger partial charge in [-0.3, -0.25) is 0 Å². The number of thiazole rings is 1. The molecule has 0 saturated heterocycles. The summed E-state index contributed by atoms with van der Waals surface area (Å²) < 4.78 is 10.8. The molecular formula is C15H16N2O3S. The minimum absolute atomic E-state index is 0.211. The molecule has 21 heavy (non-hydrogen) atoms. The van der Waals surface area contributed by atoms with Gasteiger partial charge in [0.05, 0.1) is 22.7 Å². The fourth-order valence-corrected chi connectivity index (χ4v) is 3.55. The molecule has 0 amide bonds. The maximum Gasteiger partial charge on any atom is 0.344 e. The van der Waals surface area contributed by atoms with E-state index >= 15 is 0 Å². The van der Waals surface area contributed by atoms with Gasteiger partial charge in [0.1, 0.15) is 11.7 Å². The summed E-state index contributed by atoms with van der Waals surface area (Å²) in [6.07, 6.45) is 4.16. The molecule has 2 aromatic heterocycles. The van der Waals surface area contributed by atoms with Gasteiger partial charge in [-0.05, 0) is 38.3 Å². The minimum atomic E-state index is -0.399. The van der Waals surface area contributed by atoms with Gasteiger partial charge in [0.25, 0.3) is 0 Å². The molecule has 0 aromatic carbocycles. The Morgan fingerprint density at radius 3 is 3.14 bits per heavy atom. The second-order valence-corrected chi connectivity index (χ2v) is 6.13. The number of hydrogen-bond acceptors (Lipinski definition) is 6. The summed E-state index contributed by atoms with van der Waals surface area (Å²) in [7, 11) is 1.49. The number of nitrogens with zero attached hydrogens (tertiary/aromatic N) is 2. The highest BCUT2D eigenvalue weighted by atomic mass is 32.1. The van der Waals surface area contributed by atoms with E-state index in [-0.39, 0.29) is 6.10 Å². The van der Waals surface area contributed by atoms with E-state index in [4.69, 9.17) is 9.47 Å². The van der Waals surface area contributed by atoms with Crippen molar-refractivity contribution in [1.29, 1.82) is 0 Å². The molecule has 0 N–H and O–H groups in total. The number of esters is 1. The van der Waals surface area contributed by atoms with Crippen LogP contribution in [0.25, 0.3) is 0 Å². The van der Waals surface area contributed by atoms with E-state index in [9.17, 15) is 4.79 Å². The molecule has 1 aliphatic rings. The zero-order chi connectivity index (χ0) is 14.8. The molecule has 0 saturated carbocycles. The lowest BCUT2D eigenvalue weighted by Crippen LogP contribution is -2.16. The number of carbonyl (C=O) groups is 1. The van der Waals surface area contributed by atoms with Gasteiger partial charge in [-0.15, -0.1) is 11.3 Å². The van der Waals surface area contributed by atoms with Gasteiger partial charge in [0.15, 0.2) is 0 Å². The summed E-state index contributed by atoms with van der Waals surface area (Å²) in [5.41, 5.74) is 1.42. The number of aromatic nitrogens is 2. The van der Waals surface area contributed by atoms with Crippen LogP contribution in [0.5, 0.6) is 5.88 Å². The molecule has 0 spiro atoms. The van der Waals surface area contributed by atoms with Crippen molar-refractivity contribution in [3.63, 3.8) is 0 Å². The zero-order valence-corrected chi connectivity index (χ0v) is 12.8. The largest absolute Gasteiger partial charge is 0.480 e. The summed E-state index contributed by atoms with van der Waals surface area (Å²) in [4.78, 5) is 22.0. The van der Waals surface area contributed by atoms with Crippen molar-refractivity contribution in [2.75, 3.05) is 7.11 Å². The van der Waals surface area contributed by atoms with Crippen LogP contribution in [0.3, 0.4) is 0 Å². The van der Waals surface area contributed by atoms with Crippen LogP contribution in [0, 0.1) is 6.92 Å². The summed E-state index contributed by atoms with van der Waals surface area (Å²) in [6, 6.07) is 3.36. The average molecular weight is 304 g/mol. The molecule has 3 rings (SSSR count). The summed E-state index contributed by atoms with van der Waals surface area (Å²) >= 11 is 1.61. The normalized spacial score (nSPS) is 17.1. The number of pyridine rings is 1. The molecule has 0 bridgehead atoms. The predicted molar refractivity (Wildman–Crippen MR) is 78.7 cm³/mol. The molecular weight excluding hydrogens is 288 g/mol. The van der Waals surface area contributed by atoms with Crippen LogP contribution in [0.2, 0.25) is 0 Å². The van der Waals surface area contributed by atoms with E-state index in [0.29, 0.717) is 11.4 Å². The van der Waals surface area contributed by atoms with E-state index in [0.717, 1.165) is 34.8 Å². The Morgan fingerprint density at radius 2 is 2.33 bits per heavy atom. The van der Waals surface area contributed by atoms with Crippen molar-refractivity contribution < 1.29 is 14.3 Å². The number of fused-ring (bicyclic) bond motifs is 1. The Bertz CT molecular complexity index is 669. The molecule has 0 unspecified atom stereocenters. The van der Waals surface area contributed by atoms with Crippen LogP contribution in [0.4, 0.5) is 0 Å². The standard InChI is InChI=1S/C15H16N2O3S/c1-9-17-11-6-3-7-12(13(11)21-9)20-15(18)10-5-4-8-16-14(10)19-2/h4-5,8,12H,3,6-7H2,1-2H3/t12-/m0/s1. The van der Waals surface area contributed by atoms with Crippen molar-refractivity contribution in [3.05, 3.63) is 39.5 Å². The van der Waals surface area contributed by atoms with Gasteiger partial charge < -0.3 is 9.47 Å². The monoisotopic (exact) mass is 304 g/mol. The number of ether oxygens (including phenoxy) is 2. The van der Waals surface area contributed by atoms with Crippen molar-refractivity contribution >= 4 is 17.3 Å². The summed E-state index contributed by atoms with van der Waals surface area (Å²) in [6.45, 7) is 1.98. The van der Waals surface area contributed by atoms with Gasteiger partial charge in [0.2, 0.25) is 5.88 Å². The zero-order valence-electron chi connectivity index (χ0n) is 12.0. The number of rotatable bonds is 3. The Hall–Kier alpha value is -1.95. The van der Waals surface area contributed by atoms with Crippen molar-refractivity contribution in [1.82, 2.24) is 9.97 Å². The number of methoxy groups -OCH3 is 1. The maximum absolute atomic E-state index is 12.4. The third kappa shape index (κ3) is 2.76. The van der Waals surface area contributed by atoms with Gasteiger partial charge in [-0.1, -0.05) is 0 Å². The highest BCUT2D eigenvalue weighted by molar-refractivity contribution is 7.11. The first-order valence-corrected chi connectivity index (χ1v) is 7.67. The fourth-order valence-electron chi connectivity index (χ4n) is 2.52. The Kier molecular flexibility index (Phi) is 3.88. The first kappa shape index (κ1) is 14.0. The van der Waals surface area contributed by atoms with Gasteiger partial charge >= 0.3 is 5.97 Å². The predicted octanol–water partition coefficient (Wildman–Crippen LogP) is 3.09. The second-order valence-electron chi connectivity index (χ2n) is 4.89. The highest BCUT2D eigenvalue weighted by Crippen LogP contribution is 2.37. The van der Waals surface area contributed by atoms with Gasteiger partial charge in [0, 0.05) is 6.20 Å². The topological polar surface area (TPSA) is 61.3 Å². The van der Waals surface area contributed by atoms with Crippen LogP contribution in [0.1, 0.15) is 44.9 Å². The number of hydrogen-bond donors (Lipinski definition) is 0. The van der Waals surface area contributed by atoms with Gasteiger partial charge in [-0.2, -0.15) is 0 Å². The van der Waals surface area contributed by atoms with Crippen molar-refractivity contribution in [2.24, 2.45) is 0 Å². The summed E-state index contributed by atoms with van der Waals surface area (Å²) in [5, 5.41) is 1.02. The molecule has 0 aliphatic heterocycles. The highest BCUT2D eigenvalue weighted by Gasteiger charge is 2.28. The quantitative estimate of drug-likeness (QED) is 0.815.